The summed E-state index contributed by atoms with van der Waals surface area (Å²) in [6.07, 6.45) is 3.00. The highest BCUT2D eigenvalue weighted by Crippen LogP contribution is 2.30. The van der Waals surface area contributed by atoms with Crippen molar-refractivity contribution in [1.82, 2.24) is 10.2 Å². The molecule has 5 heteroatoms. The first-order valence-corrected chi connectivity index (χ1v) is 9.02. The van der Waals surface area contributed by atoms with E-state index in [1.165, 1.54) is 11.1 Å². The number of rotatable bonds is 6. The Morgan fingerprint density at radius 1 is 1.27 bits per heavy atom. The first-order valence-electron chi connectivity index (χ1n) is 7.86. The fourth-order valence-electron chi connectivity index (χ4n) is 2.77. The third-order valence-corrected chi connectivity index (χ3v) is 5.19. The van der Waals surface area contributed by atoms with Crippen LogP contribution in [0.5, 0.6) is 0 Å². The fraction of sp³-hybridized carbons (Fsp3) is 0.529. The van der Waals surface area contributed by atoms with Gasteiger partial charge in [-0.3, -0.25) is 9.59 Å². The van der Waals surface area contributed by atoms with Crippen LogP contribution in [0.25, 0.3) is 0 Å². The number of carbonyl (C=O) groups excluding carboxylic acids is 2. The Morgan fingerprint density at radius 3 is 2.68 bits per heavy atom. The molecule has 1 saturated carbocycles. The van der Waals surface area contributed by atoms with Crippen molar-refractivity contribution < 1.29 is 9.59 Å². The minimum absolute atomic E-state index is 0.0342. The normalized spacial score (nSPS) is 21.2. The van der Waals surface area contributed by atoms with E-state index in [2.05, 4.69) is 36.5 Å². The van der Waals surface area contributed by atoms with E-state index in [9.17, 15) is 9.59 Å². The van der Waals surface area contributed by atoms with Crippen molar-refractivity contribution in [3.63, 3.8) is 0 Å². The van der Waals surface area contributed by atoms with E-state index < -0.39 is 0 Å². The van der Waals surface area contributed by atoms with Crippen LogP contribution in [0.1, 0.15) is 30.4 Å². The molecule has 1 aromatic carbocycles. The van der Waals surface area contributed by atoms with E-state index in [-0.39, 0.29) is 17.9 Å². The maximum atomic E-state index is 12.2. The number of amides is 2. The Bertz CT molecular complexity index is 554. The summed E-state index contributed by atoms with van der Waals surface area (Å²) >= 11 is 1.59. The summed E-state index contributed by atoms with van der Waals surface area (Å²) in [5, 5.41) is 2.89. The van der Waals surface area contributed by atoms with Crippen LogP contribution in [0, 0.1) is 6.92 Å². The SMILES string of the molecule is Cc1ccc(CSCC(=O)NC2CCN(C3CC3)C2=O)cc1. The van der Waals surface area contributed by atoms with Gasteiger partial charge in [-0.15, -0.1) is 11.8 Å². The second-order valence-electron chi connectivity index (χ2n) is 6.15. The molecule has 1 aliphatic heterocycles. The zero-order valence-electron chi connectivity index (χ0n) is 12.9. The van der Waals surface area contributed by atoms with Crippen LogP contribution in [0.3, 0.4) is 0 Å². The fourth-order valence-corrected chi connectivity index (χ4v) is 3.57. The van der Waals surface area contributed by atoms with Gasteiger partial charge in [-0.25, -0.2) is 0 Å². The zero-order valence-corrected chi connectivity index (χ0v) is 13.7. The Labute approximate surface area is 135 Å². The molecule has 2 aliphatic rings. The minimum Gasteiger partial charge on any atom is -0.344 e. The van der Waals surface area contributed by atoms with Gasteiger partial charge >= 0.3 is 0 Å². The Morgan fingerprint density at radius 2 is 2.00 bits per heavy atom. The molecule has 22 heavy (non-hydrogen) atoms. The number of carbonyl (C=O) groups is 2. The van der Waals surface area contributed by atoms with Crippen LogP contribution in [0.4, 0.5) is 0 Å². The van der Waals surface area contributed by atoms with Gasteiger partial charge in [0.05, 0.1) is 5.75 Å². The van der Waals surface area contributed by atoms with Crippen molar-refractivity contribution in [2.45, 2.75) is 44.0 Å². The molecule has 1 heterocycles. The monoisotopic (exact) mass is 318 g/mol. The van der Waals surface area contributed by atoms with Crippen molar-refractivity contribution in [2.24, 2.45) is 0 Å². The van der Waals surface area contributed by atoms with E-state index >= 15 is 0 Å². The molecule has 1 atom stereocenters. The minimum atomic E-state index is -0.298. The van der Waals surface area contributed by atoms with Gasteiger partial charge in [-0.2, -0.15) is 0 Å². The van der Waals surface area contributed by atoms with E-state index in [0.29, 0.717) is 11.8 Å². The third kappa shape index (κ3) is 3.83. The van der Waals surface area contributed by atoms with Crippen LogP contribution < -0.4 is 5.32 Å². The molecule has 1 unspecified atom stereocenters. The summed E-state index contributed by atoms with van der Waals surface area (Å²) in [4.78, 5) is 26.1. The number of thioether (sulfide) groups is 1. The Kier molecular flexibility index (Phi) is 4.71. The molecular weight excluding hydrogens is 296 g/mol. The van der Waals surface area contributed by atoms with Crippen molar-refractivity contribution in [3.05, 3.63) is 35.4 Å². The largest absolute Gasteiger partial charge is 0.344 e. The van der Waals surface area contributed by atoms with Crippen molar-refractivity contribution in [3.8, 4) is 0 Å². The molecule has 2 fully saturated rings. The van der Waals surface area contributed by atoms with Crippen molar-refractivity contribution in [1.29, 1.82) is 0 Å². The maximum Gasteiger partial charge on any atom is 0.245 e. The first-order chi connectivity index (χ1) is 10.6. The highest BCUT2D eigenvalue weighted by molar-refractivity contribution is 7.99. The summed E-state index contributed by atoms with van der Waals surface area (Å²) in [6.45, 7) is 2.86. The number of benzene rings is 1. The van der Waals surface area contributed by atoms with Crippen molar-refractivity contribution >= 4 is 23.6 Å². The van der Waals surface area contributed by atoms with Gasteiger partial charge in [0.15, 0.2) is 0 Å². The van der Waals surface area contributed by atoms with Gasteiger partial charge in [0.1, 0.15) is 6.04 Å². The molecular formula is C17H22N2O2S. The summed E-state index contributed by atoms with van der Waals surface area (Å²) in [5.74, 6) is 1.30. The highest BCUT2D eigenvalue weighted by atomic mass is 32.2. The number of nitrogens with zero attached hydrogens (tertiary/aromatic N) is 1. The van der Waals surface area contributed by atoms with Crippen LogP contribution in [-0.2, 0) is 15.3 Å². The van der Waals surface area contributed by atoms with Gasteiger partial charge in [0.2, 0.25) is 11.8 Å². The molecule has 0 bridgehead atoms. The van der Waals surface area contributed by atoms with E-state index in [1.54, 1.807) is 11.8 Å². The van der Waals surface area contributed by atoms with E-state index in [1.807, 2.05) is 4.90 Å². The molecule has 1 saturated heterocycles. The second kappa shape index (κ2) is 6.73. The predicted octanol–water partition coefficient (Wildman–Crippen LogP) is 2.11. The van der Waals surface area contributed by atoms with Gasteiger partial charge in [-0.1, -0.05) is 29.8 Å². The van der Waals surface area contributed by atoms with Crippen LogP contribution >= 0.6 is 11.8 Å². The van der Waals surface area contributed by atoms with E-state index in [4.69, 9.17) is 0 Å². The lowest BCUT2D eigenvalue weighted by Gasteiger charge is -2.16. The summed E-state index contributed by atoms with van der Waals surface area (Å²) < 4.78 is 0. The smallest absolute Gasteiger partial charge is 0.245 e. The van der Waals surface area contributed by atoms with Gasteiger partial charge in [0, 0.05) is 18.3 Å². The van der Waals surface area contributed by atoms with Gasteiger partial charge < -0.3 is 10.2 Å². The average Bonchev–Trinajstić information content (AvgIpc) is 3.27. The summed E-state index contributed by atoms with van der Waals surface area (Å²) in [5.41, 5.74) is 2.46. The van der Waals surface area contributed by atoms with Crippen LogP contribution in [0.15, 0.2) is 24.3 Å². The molecule has 0 radical (unpaired) electrons. The number of likely N-dealkylation sites (tertiary alicyclic amines) is 1. The maximum absolute atomic E-state index is 12.2. The molecule has 1 aliphatic carbocycles. The zero-order chi connectivity index (χ0) is 15.5. The van der Waals surface area contributed by atoms with Crippen LogP contribution in [-0.4, -0.2) is 41.1 Å². The molecule has 0 spiro atoms. The number of nitrogens with one attached hydrogen (secondary N) is 1. The highest BCUT2D eigenvalue weighted by Gasteiger charge is 2.40. The predicted molar refractivity (Wildman–Crippen MR) is 88.6 cm³/mol. The number of hydrogen-bond donors (Lipinski definition) is 1. The van der Waals surface area contributed by atoms with E-state index in [0.717, 1.165) is 31.6 Å². The lowest BCUT2D eigenvalue weighted by Crippen LogP contribution is -2.42. The lowest BCUT2D eigenvalue weighted by molar-refractivity contribution is -0.132. The quantitative estimate of drug-likeness (QED) is 0.874. The average molecular weight is 318 g/mol. The molecule has 1 aromatic rings. The second-order valence-corrected chi connectivity index (χ2v) is 7.14. The molecule has 4 nitrogen and oxygen atoms in total. The van der Waals surface area contributed by atoms with Gasteiger partial charge in [-0.05, 0) is 31.7 Å². The number of aryl methyl sites for hydroxylation is 1. The topological polar surface area (TPSA) is 49.4 Å². The first kappa shape index (κ1) is 15.4. The summed E-state index contributed by atoms with van der Waals surface area (Å²) in [7, 11) is 0. The standard InChI is InChI=1S/C17H22N2O2S/c1-12-2-4-13(5-3-12)10-22-11-16(20)18-15-8-9-19(17(15)21)14-6-7-14/h2-5,14-15H,6-11H2,1H3,(H,18,20). The molecule has 0 aromatic heterocycles. The third-order valence-electron chi connectivity index (χ3n) is 4.19. The van der Waals surface area contributed by atoms with Crippen LogP contribution in [0.2, 0.25) is 0 Å². The molecule has 2 amide bonds. The van der Waals surface area contributed by atoms with Gasteiger partial charge in [0.25, 0.3) is 0 Å². The lowest BCUT2D eigenvalue weighted by atomic mass is 10.2. The molecule has 3 rings (SSSR count). The Hall–Kier alpha value is -1.49. The summed E-state index contributed by atoms with van der Waals surface area (Å²) in [6, 6.07) is 8.50. The number of hydrogen-bond acceptors (Lipinski definition) is 3. The van der Waals surface area contributed by atoms with Crippen molar-refractivity contribution in [2.75, 3.05) is 12.3 Å². The molecule has 1 N–H and O–H groups in total. The molecule has 118 valence electrons. The Balaban J connectivity index is 1.39.